The van der Waals surface area contributed by atoms with Crippen molar-refractivity contribution in [2.24, 2.45) is 0 Å². The molecule has 4 heteroatoms. The number of carbonyl (C=O) groups is 1. The second-order valence-electron chi connectivity index (χ2n) is 6.51. The molecule has 0 spiro atoms. The van der Waals surface area contributed by atoms with Crippen molar-refractivity contribution in [1.82, 2.24) is 0 Å². The van der Waals surface area contributed by atoms with Crippen LogP contribution in [0.5, 0.6) is 5.75 Å². The third-order valence-electron chi connectivity index (χ3n) is 4.18. The van der Waals surface area contributed by atoms with Gasteiger partial charge in [-0.15, -0.1) is 0 Å². The molecule has 0 bridgehead atoms. The summed E-state index contributed by atoms with van der Waals surface area (Å²) in [4.78, 5) is 12.2. The minimum Gasteiger partial charge on any atom is -0.494 e. The number of hydrogen-bond donors (Lipinski definition) is 1. The summed E-state index contributed by atoms with van der Waals surface area (Å²) in [6.07, 6.45) is 8.92. The smallest absolute Gasteiger partial charge is 0.248 e. The number of hydrogen-bond acceptors (Lipinski definition) is 2. The van der Waals surface area contributed by atoms with Crippen molar-refractivity contribution in [3.8, 4) is 5.75 Å². The van der Waals surface area contributed by atoms with Gasteiger partial charge in [-0.2, -0.15) is 0 Å². The van der Waals surface area contributed by atoms with Gasteiger partial charge in [0.25, 0.3) is 0 Å². The molecule has 1 amide bonds. The molecule has 1 N–H and O–H groups in total. The van der Waals surface area contributed by atoms with Crippen molar-refractivity contribution in [1.29, 1.82) is 0 Å². The molecule has 0 aromatic heterocycles. The second-order valence-corrected chi connectivity index (χ2v) is 7.37. The SMILES string of the molecule is CCCCOc1ccc(/C=C/C(=O)Nc2ccc(CCCC)cc2Br)cc1. The first kappa shape index (κ1) is 21.2. The largest absolute Gasteiger partial charge is 0.494 e. The molecule has 0 aliphatic heterocycles. The van der Waals surface area contributed by atoms with Crippen molar-refractivity contribution in [3.05, 3.63) is 64.1 Å². The molecule has 144 valence electrons. The lowest BCUT2D eigenvalue weighted by Crippen LogP contribution is -2.08. The van der Waals surface area contributed by atoms with E-state index < -0.39 is 0 Å². The van der Waals surface area contributed by atoms with Crippen LogP contribution in [-0.4, -0.2) is 12.5 Å². The van der Waals surface area contributed by atoms with Crippen molar-refractivity contribution in [2.75, 3.05) is 11.9 Å². The van der Waals surface area contributed by atoms with Crippen LogP contribution in [0.2, 0.25) is 0 Å². The van der Waals surface area contributed by atoms with Crippen LogP contribution >= 0.6 is 15.9 Å². The Morgan fingerprint density at radius 1 is 1.07 bits per heavy atom. The molecule has 0 aliphatic rings. The Morgan fingerprint density at radius 2 is 1.81 bits per heavy atom. The molecule has 0 saturated carbocycles. The minimum absolute atomic E-state index is 0.153. The van der Waals surface area contributed by atoms with Crippen molar-refractivity contribution < 1.29 is 9.53 Å². The van der Waals surface area contributed by atoms with Gasteiger partial charge in [0.1, 0.15) is 5.75 Å². The van der Waals surface area contributed by atoms with Gasteiger partial charge in [0.2, 0.25) is 5.91 Å². The van der Waals surface area contributed by atoms with Crippen LogP contribution in [0.15, 0.2) is 53.0 Å². The number of aryl methyl sites for hydroxylation is 1. The zero-order valence-electron chi connectivity index (χ0n) is 16.1. The van der Waals surface area contributed by atoms with Crippen molar-refractivity contribution >= 4 is 33.6 Å². The summed E-state index contributed by atoms with van der Waals surface area (Å²) >= 11 is 3.54. The van der Waals surface area contributed by atoms with E-state index in [0.717, 1.165) is 47.3 Å². The molecule has 0 fully saturated rings. The van der Waals surface area contributed by atoms with Gasteiger partial charge < -0.3 is 10.1 Å². The topological polar surface area (TPSA) is 38.3 Å². The fourth-order valence-corrected chi connectivity index (χ4v) is 3.08. The number of nitrogens with one attached hydrogen (secondary N) is 1. The average Bonchev–Trinajstić information content (AvgIpc) is 2.68. The number of ether oxygens (including phenoxy) is 1. The Balaban J connectivity index is 1.89. The molecule has 3 nitrogen and oxygen atoms in total. The van der Waals surface area contributed by atoms with Gasteiger partial charge in [-0.1, -0.05) is 44.9 Å². The summed E-state index contributed by atoms with van der Waals surface area (Å²) in [7, 11) is 0. The summed E-state index contributed by atoms with van der Waals surface area (Å²) in [5, 5.41) is 2.91. The van der Waals surface area contributed by atoms with Gasteiger partial charge >= 0.3 is 0 Å². The highest BCUT2D eigenvalue weighted by Gasteiger charge is 2.04. The van der Waals surface area contributed by atoms with Gasteiger partial charge in [-0.25, -0.2) is 0 Å². The highest BCUT2D eigenvalue weighted by atomic mass is 79.9. The number of halogens is 1. The lowest BCUT2D eigenvalue weighted by atomic mass is 10.1. The van der Waals surface area contributed by atoms with Gasteiger partial charge in [0.05, 0.1) is 12.3 Å². The number of rotatable bonds is 10. The maximum absolute atomic E-state index is 12.2. The van der Waals surface area contributed by atoms with Crippen LogP contribution in [0.1, 0.15) is 50.7 Å². The van der Waals surface area contributed by atoms with E-state index in [1.54, 1.807) is 12.2 Å². The van der Waals surface area contributed by atoms with Gasteiger partial charge in [0, 0.05) is 10.5 Å². The van der Waals surface area contributed by atoms with E-state index in [1.807, 2.05) is 30.3 Å². The van der Waals surface area contributed by atoms with Crippen LogP contribution in [0, 0.1) is 0 Å². The van der Waals surface area contributed by atoms with E-state index in [2.05, 4.69) is 47.2 Å². The zero-order chi connectivity index (χ0) is 19.5. The maximum Gasteiger partial charge on any atom is 0.248 e. The Bertz CT molecular complexity index is 753. The van der Waals surface area contributed by atoms with Crippen molar-refractivity contribution in [2.45, 2.75) is 46.0 Å². The summed E-state index contributed by atoms with van der Waals surface area (Å²) in [6, 6.07) is 13.8. The van der Waals surface area contributed by atoms with Crippen LogP contribution in [-0.2, 0) is 11.2 Å². The van der Waals surface area contributed by atoms with Crippen LogP contribution in [0.3, 0.4) is 0 Å². The number of anilines is 1. The van der Waals surface area contributed by atoms with Crippen LogP contribution in [0.25, 0.3) is 6.08 Å². The molecular weight excluding hydrogens is 402 g/mol. The van der Waals surface area contributed by atoms with E-state index in [-0.39, 0.29) is 5.91 Å². The number of unbranched alkanes of at least 4 members (excludes halogenated alkanes) is 2. The summed E-state index contributed by atoms with van der Waals surface area (Å²) < 4.78 is 6.55. The first-order valence-corrected chi connectivity index (χ1v) is 10.4. The Morgan fingerprint density at radius 3 is 2.48 bits per heavy atom. The molecule has 27 heavy (non-hydrogen) atoms. The summed E-state index contributed by atoms with van der Waals surface area (Å²) in [5.41, 5.74) is 3.02. The molecule has 0 unspecified atom stereocenters. The molecule has 0 heterocycles. The highest BCUT2D eigenvalue weighted by molar-refractivity contribution is 9.10. The molecular formula is C23H28BrNO2. The Labute approximate surface area is 171 Å². The normalized spacial score (nSPS) is 10.9. The fourth-order valence-electron chi connectivity index (χ4n) is 2.55. The number of amides is 1. The fraction of sp³-hybridized carbons (Fsp3) is 0.348. The standard InChI is InChI=1S/C23H28BrNO2/c1-3-5-7-19-10-14-22(21(24)17-19)25-23(26)15-11-18-8-12-20(13-9-18)27-16-6-4-2/h8-15,17H,3-7,16H2,1-2H3,(H,25,26)/b15-11+. The van der Waals surface area contributed by atoms with Gasteiger partial charge in [0.15, 0.2) is 0 Å². The number of benzene rings is 2. The van der Waals surface area contributed by atoms with E-state index in [9.17, 15) is 4.79 Å². The zero-order valence-corrected chi connectivity index (χ0v) is 17.7. The maximum atomic E-state index is 12.2. The van der Waals surface area contributed by atoms with Crippen LogP contribution in [0.4, 0.5) is 5.69 Å². The summed E-state index contributed by atoms with van der Waals surface area (Å²) in [6.45, 7) is 5.06. The predicted molar refractivity (Wildman–Crippen MR) is 117 cm³/mol. The van der Waals surface area contributed by atoms with Gasteiger partial charge in [-0.05, 0) is 76.7 Å². The minimum atomic E-state index is -0.153. The van der Waals surface area contributed by atoms with Gasteiger partial charge in [-0.3, -0.25) is 4.79 Å². The second kappa shape index (κ2) is 11.6. The average molecular weight is 430 g/mol. The van der Waals surface area contributed by atoms with Crippen LogP contribution < -0.4 is 10.1 Å². The Kier molecular flexibility index (Phi) is 9.12. The Hall–Kier alpha value is -2.07. The first-order valence-electron chi connectivity index (χ1n) is 9.62. The van der Waals surface area contributed by atoms with E-state index in [4.69, 9.17) is 4.74 Å². The molecule has 2 aromatic rings. The third-order valence-corrected chi connectivity index (χ3v) is 4.84. The van der Waals surface area contributed by atoms with Crippen molar-refractivity contribution in [3.63, 3.8) is 0 Å². The van der Waals surface area contributed by atoms with E-state index in [1.165, 1.54) is 18.4 Å². The molecule has 0 radical (unpaired) electrons. The lowest BCUT2D eigenvalue weighted by molar-refractivity contribution is -0.111. The molecule has 0 saturated heterocycles. The monoisotopic (exact) mass is 429 g/mol. The predicted octanol–water partition coefficient (Wildman–Crippen LogP) is 6.62. The molecule has 0 atom stereocenters. The lowest BCUT2D eigenvalue weighted by Gasteiger charge is -2.08. The summed E-state index contributed by atoms with van der Waals surface area (Å²) in [5.74, 6) is 0.706. The molecule has 2 aromatic carbocycles. The van der Waals surface area contributed by atoms with E-state index in [0.29, 0.717) is 0 Å². The quantitative estimate of drug-likeness (QED) is 0.340. The first-order chi connectivity index (χ1) is 13.1. The number of carbonyl (C=O) groups excluding carboxylic acids is 1. The molecule has 2 rings (SSSR count). The highest BCUT2D eigenvalue weighted by Crippen LogP contribution is 2.24. The third kappa shape index (κ3) is 7.59. The molecule has 0 aliphatic carbocycles. The van der Waals surface area contributed by atoms with E-state index >= 15 is 0 Å².